The molecule has 0 saturated heterocycles. The Bertz CT molecular complexity index is 297. The zero-order valence-corrected chi connectivity index (χ0v) is 8.67. The third-order valence-electron chi connectivity index (χ3n) is 2.16. The SMILES string of the molecule is Clc1cccc(OCOCC2CC2)c1. The summed E-state index contributed by atoms with van der Waals surface area (Å²) < 4.78 is 10.7. The average molecular weight is 213 g/mol. The van der Waals surface area contributed by atoms with Gasteiger partial charge in [-0.05, 0) is 37.0 Å². The first-order valence-corrected chi connectivity index (χ1v) is 5.18. The lowest BCUT2D eigenvalue weighted by Gasteiger charge is -2.06. The van der Waals surface area contributed by atoms with Crippen LogP contribution in [0.3, 0.4) is 0 Å². The zero-order valence-electron chi connectivity index (χ0n) is 7.91. The molecule has 1 saturated carbocycles. The van der Waals surface area contributed by atoms with E-state index < -0.39 is 0 Å². The van der Waals surface area contributed by atoms with Crippen molar-refractivity contribution in [2.45, 2.75) is 12.8 Å². The van der Waals surface area contributed by atoms with Crippen LogP contribution in [0.2, 0.25) is 5.02 Å². The van der Waals surface area contributed by atoms with E-state index in [-0.39, 0.29) is 0 Å². The second-order valence-corrected chi connectivity index (χ2v) is 3.97. The topological polar surface area (TPSA) is 18.5 Å². The van der Waals surface area contributed by atoms with Gasteiger partial charge in [0.15, 0.2) is 6.79 Å². The van der Waals surface area contributed by atoms with Gasteiger partial charge < -0.3 is 9.47 Å². The lowest BCUT2D eigenvalue weighted by Crippen LogP contribution is -2.04. The molecule has 1 aromatic carbocycles. The second kappa shape index (κ2) is 4.67. The zero-order chi connectivity index (χ0) is 9.80. The molecule has 0 radical (unpaired) electrons. The van der Waals surface area contributed by atoms with Crippen LogP contribution in [-0.2, 0) is 4.74 Å². The van der Waals surface area contributed by atoms with Gasteiger partial charge in [-0.15, -0.1) is 0 Å². The summed E-state index contributed by atoms with van der Waals surface area (Å²) in [6.45, 7) is 1.14. The number of rotatable bonds is 5. The fraction of sp³-hybridized carbons (Fsp3) is 0.455. The van der Waals surface area contributed by atoms with Crippen LogP contribution in [0.5, 0.6) is 5.75 Å². The molecule has 0 aliphatic heterocycles. The summed E-state index contributed by atoms with van der Waals surface area (Å²) in [5.74, 6) is 1.53. The Hall–Kier alpha value is -0.730. The Kier molecular flexibility index (Phi) is 3.27. The highest BCUT2D eigenvalue weighted by Gasteiger charge is 2.20. The highest BCUT2D eigenvalue weighted by atomic mass is 35.5. The van der Waals surface area contributed by atoms with Crippen LogP contribution in [0, 0.1) is 5.92 Å². The van der Waals surface area contributed by atoms with Gasteiger partial charge in [0.1, 0.15) is 5.75 Å². The van der Waals surface area contributed by atoms with E-state index in [0.717, 1.165) is 18.3 Å². The maximum atomic E-state index is 5.80. The van der Waals surface area contributed by atoms with E-state index >= 15 is 0 Å². The Balaban J connectivity index is 1.68. The maximum Gasteiger partial charge on any atom is 0.189 e. The number of hydrogen-bond donors (Lipinski definition) is 0. The van der Waals surface area contributed by atoms with E-state index in [1.807, 2.05) is 18.2 Å². The Morgan fingerprint density at radius 3 is 2.93 bits per heavy atom. The van der Waals surface area contributed by atoms with Gasteiger partial charge >= 0.3 is 0 Å². The summed E-state index contributed by atoms with van der Waals surface area (Å²) in [6.07, 6.45) is 2.61. The van der Waals surface area contributed by atoms with Crippen LogP contribution in [0.1, 0.15) is 12.8 Å². The van der Waals surface area contributed by atoms with Crippen molar-refractivity contribution in [3.8, 4) is 5.75 Å². The highest BCUT2D eigenvalue weighted by molar-refractivity contribution is 6.30. The molecule has 0 heterocycles. The minimum Gasteiger partial charge on any atom is -0.468 e. The predicted molar refractivity (Wildman–Crippen MR) is 55.6 cm³/mol. The Morgan fingerprint density at radius 2 is 2.21 bits per heavy atom. The number of benzene rings is 1. The summed E-state index contributed by atoms with van der Waals surface area (Å²) >= 11 is 5.80. The van der Waals surface area contributed by atoms with Crippen LogP contribution in [0.4, 0.5) is 0 Å². The van der Waals surface area contributed by atoms with Crippen molar-refractivity contribution in [1.29, 1.82) is 0 Å². The van der Waals surface area contributed by atoms with Gasteiger partial charge in [-0.1, -0.05) is 17.7 Å². The van der Waals surface area contributed by atoms with Crippen LogP contribution in [0.15, 0.2) is 24.3 Å². The minimum absolute atomic E-state index is 0.316. The summed E-state index contributed by atoms with van der Waals surface area (Å²) in [7, 11) is 0. The molecule has 2 nitrogen and oxygen atoms in total. The van der Waals surface area contributed by atoms with Crippen molar-refractivity contribution in [2.75, 3.05) is 13.4 Å². The smallest absolute Gasteiger partial charge is 0.189 e. The molecule has 0 atom stereocenters. The fourth-order valence-corrected chi connectivity index (χ4v) is 1.35. The van der Waals surface area contributed by atoms with Crippen molar-refractivity contribution in [3.05, 3.63) is 29.3 Å². The van der Waals surface area contributed by atoms with Crippen molar-refractivity contribution < 1.29 is 9.47 Å². The summed E-state index contributed by atoms with van der Waals surface area (Å²) in [6, 6.07) is 7.33. The standard InChI is InChI=1S/C11H13ClO2/c12-10-2-1-3-11(6-10)14-8-13-7-9-4-5-9/h1-3,6,9H,4-5,7-8H2. The molecule has 1 aliphatic carbocycles. The van der Waals surface area contributed by atoms with Gasteiger partial charge in [0.05, 0.1) is 6.61 Å². The summed E-state index contributed by atoms with van der Waals surface area (Å²) in [4.78, 5) is 0. The third kappa shape index (κ3) is 3.20. The van der Waals surface area contributed by atoms with Crippen molar-refractivity contribution >= 4 is 11.6 Å². The lowest BCUT2D eigenvalue weighted by atomic mass is 10.3. The van der Waals surface area contributed by atoms with Gasteiger partial charge in [-0.2, -0.15) is 0 Å². The summed E-state index contributed by atoms with van der Waals surface area (Å²) in [5, 5.41) is 0.685. The fourth-order valence-electron chi connectivity index (χ4n) is 1.17. The molecule has 0 aromatic heterocycles. The average Bonchev–Trinajstić information content (AvgIpc) is 2.96. The first-order chi connectivity index (χ1) is 6.84. The molecule has 0 N–H and O–H groups in total. The third-order valence-corrected chi connectivity index (χ3v) is 2.39. The molecule has 3 heteroatoms. The van der Waals surface area contributed by atoms with E-state index in [1.165, 1.54) is 12.8 Å². The molecule has 76 valence electrons. The van der Waals surface area contributed by atoms with Gasteiger partial charge in [-0.3, -0.25) is 0 Å². The van der Waals surface area contributed by atoms with Crippen LogP contribution < -0.4 is 4.74 Å². The van der Waals surface area contributed by atoms with Crippen LogP contribution in [-0.4, -0.2) is 13.4 Å². The number of hydrogen-bond acceptors (Lipinski definition) is 2. The quantitative estimate of drug-likeness (QED) is 0.552. The molecule has 2 rings (SSSR count). The molecule has 0 spiro atoms. The highest BCUT2D eigenvalue weighted by Crippen LogP contribution is 2.28. The maximum absolute atomic E-state index is 5.80. The van der Waals surface area contributed by atoms with Gasteiger partial charge in [0.2, 0.25) is 0 Å². The second-order valence-electron chi connectivity index (χ2n) is 3.53. The van der Waals surface area contributed by atoms with Crippen LogP contribution in [0.25, 0.3) is 0 Å². The van der Waals surface area contributed by atoms with Gasteiger partial charge in [-0.25, -0.2) is 0 Å². The van der Waals surface area contributed by atoms with E-state index in [2.05, 4.69) is 0 Å². The first-order valence-electron chi connectivity index (χ1n) is 4.81. The van der Waals surface area contributed by atoms with E-state index in [0.29, 0.717) is 11.8 Å². The van der Waals surface area contributed by atoms with Gasteiger partial charge in [0.25, 0.3) is 0 Å². The van der Waals surface area contributed by atoms with E-state index in [1.54, 1.807) is 6.07 Å². The Morgan fingerprint density at radius 1 is 1.36 bits per heavy atom. The molecule has 14 heavy (non-hydrogen) atoms. The first kappa shape index (κ1) is 9.81. The lowest BCUT2D eigenvalue weighted by molar-refractivity contribution is 0.00999. The van der Waals surface area contributed by atoms with Crippen molar-refractivity contribution in [3.63, 3.8) is 0 Å². The normalized spacial score (nSPS) is 15.5. The molecular weight excluding hydrogens is 200 g/mol. The molecule has 0 bridgehead atoms. The monoisotopic (exact) mass is 212 g/mol. The van der Waals surface area contributed by atoms with E-state index in [9.17, 15) is 0 Å². The van der Waals surface area contributed by atoms with Crippen molar-refractivity contribution in [1.82, 2.24) is 0 Å². The van der Waals surface area contributed by atoms with E-state index in [4.69, 9.17) is 21.1 Å². The Labute approximate surface area is 88.8 Å². The molecular formula is C11H13ClO2. The molecule has 0 amide bonds. The number of ether oxygens (including phenoxy) is 2. The molecule has 1 aromatic rings. The number of halogens is 1. The molecule has 1 fully saturated rings. The largest absolute Gasteiger partial charge is 0.468 e. The molecule has 1 aliphatic rings. The molecule has 0 unspecified atom stereocenters. The van der Waals surface area contributed by atoms with Crippen LogP contribution >= 0.6 is 11.6 Å². The van der Waals surface area contributed by atoms with Gasteiger partial charge in [0, 0.05) is 5.02 Å². The minimum atomic E-state index is 0.316. The predicted octanol–water partition coefficient (Wildman–Crippen LogP) is 3.10. The van der Waals surface area contributed by atoms with Crippen molar-refractivity contribution in [2.24, 2.45) is 5.92 Å². The summed E-state index contributed by atoms with van der Waals surface area (Å²) in [5.41, 5.74) is 0.